The van der Waals surface area contributed by atoms with Gasteiger partial charge in [0.25, 0.3) is 0 Å². The van der Waals surface area contributed by atoms with E-state index in [-0.39, 0.29) is 12.3 Å². The topological polar surface area (TPSA) is 153 Å². The predicted molar refractivity (Wildman–Crippen MR) is 160 cm³/mol. The van der Waals surface area contributed by atoms with Crippen LogP contribution in [0, 0.1) is 34.5 Å². The molecule has 1 saturated heterocycles. The van der Waals surface area contributed by atoms with Gasteiger partial charge >= 0.3 is 11.9 Å². The van der Waals surface area contributed by atoms with Crippen LogP contribution in [-0.4, -0.2) is 134 Å². The number of fused-ring (bicyclic) bond motifs is 2. The maximum Gasteiger partial charge on any atom is 0.338 e. The first-order chi connectivity index (χ1) is 22.0. The highest BCUT2D eigenvalue weighted by atomic mass is 16.6. The van der Waals surface area contributed by atoms with Gasteiger partial charge in [-0.1, -0.05) is 25.1 Å². The summed E-state index contributed by atoms with van der Waals surface area (Å²) in [5, 5.41) is 37.2. The van der Waals surface area contributed by atoms with Gasteiger partial charge in [-0.3, -0.25) is 9.69 Å². The molecular formula is C34H47NO11. The van der Waals surface area contributed by atoms with Crippen molar-refractivity contribution in [3.8, 4) is 0 Å². The van der Waals surface area contributed by atoms with Gasteiger partial charge < -0.3 is 43.7 Å². The molecule has 1 aromatic rings. The van der Waals surface area contributed by atoms with Gasteiger partial charge in [0.15, 0.2) is 5.60 Å². The number of rotatable bonds is 9. The second kappa shape index (κ2) is 10.9. The second-order valence-electron chi connectivity index (χ2n) is 14.5. The molecule has 0 amide bonds. The summed E-state index contributed by atoms with van der Waals surface area (Å²) in [4.78, 5) is 29.3. The first-order valence-electron chi connectivity index (χ1n) is 16.3. The van der Waals surface area contributed by atoms with Crippen LogP contribution in [0.1, 0.15) is 37.0 Å². The highest BCUT2D eigenvalue weighted by molar-refractivity contribution is 5.89. The smallest absolute Gasteiger partial charge is 0.338 e. The molecule has 7 rings (SSSR count). The monoisotopic (exact) mass is 645 g/mol. The molecule has 1 spiro atoms. The Labute approximate surface area is 269 Å². The normalized spacial score (nSPS) is 49.9. The summed E-state index contributed by atoms with van der Waals surface area (Å²) in [5.41, 5.74) is -4.71. The second-order valence-corrected chi connectivity index (χ2v) is 14.5. The third-order valence-electron chi connectivity index (χ3n) is 13.0. The predicted octanol–water partition coefficient (Wildman–Crippen LogP) is 0.648. The lowest BCUT2D eigenvalue weighted by Crippen LogP contribution is -2.81. The molecule has 5 saturated carbocycles. The largest absolute Gasteiger partial charge is 0.455 e. The molecule has 1 aromatic carbocycles. The molecule has 254 valence electrons. The maximum absolute atomic E-state index is 13.8. The molecule has 1 aliphatic heterocycles. The van der Waals surface area contributed by atoms with Gasteiger partial charge in [0, 0.05) is 76.5 Å². The van der Waals surface area contributed by atoms with Crippen LogP contribution in [0.4, 0.5) is 0 Å². The lowest BCUT2D eigenvalue weighted by Gasteiger charge is -2.70. The van der Waals surface area contributed by atoms with Gasteiger partial charge in [0.1, 0.15) is 23.9 Å². The minimum Gasteiger partial charge on any atom is -0.455 e. The zero-order chi connectivity index (χ0) is 33.0. The van der Waals surface area contributed by atoms with Crippen LogP contribution in [0.15, 0.2) is 30.3 Å². The van der Waals surface area contributed by atoms with E-state index in [1.165, 1.54) is 14.0 Å². The average Bonchev–Trinajstić information content (AvgIpc) is 3.40. The number of carbonyl (C=O) groups is 2. The van der Waals surface area contributed by atoms with E-state index >= 15 is 0 Å². The molecule has 12 nitrogen and oxygen atoms in total. The van der Waals surface area contributed by atoms with E-state index in [1.54, 1.807) is 51.7 Å². The van der Waals surface area contributed by atoms with Crippen molar-refractivity contribution < 1.29 is 53.3 Å². The van der Waals surface area contributed by atoms with Crippen molar-refractivity contribution in [1.82, 2.24) is 4.90 Å². The average molecular weight is 646 g/mol. The van der Waals surface area contributed by atoms with E-state index in [1.807, 2.05) is 0 Å². The van der Waals surface area contributed by atoms with Crippen LogP contribution >= 0.6 is 0 Å². The number of hydrogen-bond donors (Lipinski definition) is 3. The van der Waals surface area contributed by atoms with Crippen LogP contribution in [0.2, 0.25) is 0 Å². The quantitative estimate of drug-likeness (QED) is 0.323. The molecule has 3 N–H and O–H groups in total. The van der Waals surface area contributed by atoms with E-state index in [9.17, 15) is 24.9 Å². The van der Waals surface area contributed by atoms with Crippen molar-refractivity contribution in [2.24, 2.45) is 34.5 Å². The van der Waals surface area contributed by atoms with E-state index in [2.05, 4.69) is 11.8 Å². The number of aliphatic hydroxyl groups is 3. The third kappa shape index (κ3) is 3.67. The molecule has 5 aliphatic carbocycles. The Morgan fingerprint density at radius 1 is 0.957 bits per heavy atom. The Hall–Kier alpha value is -2.16. The Kier molecular flexibility index (Phi) is 7.69. The van der Waals surface area contributed by atoms with Crippen molar-refractivity contribution in [1.29, 1.82) is 0 Å². The van der Waals surface area contributed by atoms with Crippen LogP contribution in [0.3, 0.4) is 0 Å². The number of hydrogen-bond acceptors (Lipinski definition) is 12. The van der Waals surface area contributed by atoms with Crippen molar-refractivity contribution in [2.75, 3.05) is 48.1 Å². The fraction of sp³-hybridized carbons (Fsp3) is 0.765. The number of likely N-dealkylation sites (tertiary alicyclic amines) is 1. The van der Waals surface area contributed by atoms with Gasteiger partial charge in [-0.05, 0) is 37.4 Å². The standard InChI is InChI=1S/C34H47NO11/c1-7-35-15-31(16-41-3)14-20(37)27(43-5)33-19-13-32(40)28(45-30(39)18-11-9-8-10-12-18)21(19)34(46-17(2)36,26(38)29(32)44-6)22(25(33)35)23(42-4)24(31)33/h8-12,19-29,37-38,40H,7,13-16H2,1-6H3/t19-,20+,21-,22+,23+,24-,25-,26+,27?,28-,29+,31+,32+,33+,34-/m1/s1. The summed E-state index contributed by atoms with van der Waals surface area (Å²) in [6.07, 6.45) is -5.70. The fourth-order valence-corrected chi connectivity index (χ4v) is 12.5. The third-order valence-corrected chi connectivity index (χ3v) is 13.0. The molecule has 6 aliphatic rings. The summed E-state index contributed by atoms with van der Waals surface area (Å²) in [6.45, 7) is 4.91. The van der Waals surface area contributed by atoms with E-state index < -0.39 is 94.4 Å². The van der Waals surface area contributed by atoms with Crippen molar-refractivity contribution in [3.63, 3.8) is 0 Å². The molecule has 12 heteroatoms. The molecule has 6 fully saturated rings. The summed E-state index contributed by atoms with van der Waals surface area (Å²) in [6, 6.07) is 8.11. The van der Waals surface area contributed by atoms with E-state index in [0.717, 1.165) is 0 Å². The molecule has 15 atom stereocenters. The minimum atomic E-state index is -1.85. The van der Waals surface area contributed by atoms with E-state index in [4.69, 9.17) is 28.4 Å². The number of benzene rings is 1. The Morgan fingerprint density at radius 3 is 2.24 bits per heavy atom. The molecule has 0 aromatic heterocycles. The molecule has 0 radical (unpaired) electrons. The summed E-state index contributed by atoms with van der Waals surface area (Å²) in [7, 11) is 6.26. The summed E-state index contributed by atoms with van der Waals surface area (Å²) < 4.78 is 37.4. The number of methoxy groups -OCH3 is 4. The first-order valence-corrected chi connectivity index (χ1v) is 16.3. The minimum absolute atomic E-state index is 0.0480. The number of piperidine rings is 1. The Bertz CT molecular complexity index is 1360. The van der Waals surface area contributed by atoms with Crippen LogP contribution in [0.5, 0.6) is 0 Å². The highest BCUT2D eigenvalue weighted by Gasteiger charge is 2.92. The van der Waals surface area contributed by atoms with Gasteiger partial charge in [-0.25, -0.2) is 4.79 Å². The van der Waals surface area contributed by atoms with Crippen LogP contribution in [0.25, 0.3) is 0 Å². The van der Waals surface area contributed by atoms with E-state index in [0.29, 0.717) is 31.7 Å². The number of carbonyl (C=O) groups excluding carboxylic acids is 2. The fourth-order valence-electron chi connectivity index (χ4n) is 12.5. The lowest BCUT2D eigenvalue weighted by atomic mass is 9.42. The molecule has 7 bridgehead atoms. The van der Waals surface area contributed by atoms with Crippen molar-refractivity contribution >= 4 is 11.9 Å². The Balaban J connectivity index is 1.53. The zero-order valence-electron chi connectivity index (χ0n) is 27.3. The summed E-state index contributed by atoms with van der Waals surface area (Å²) >= 11 is 0. The number of aliphatic hydroxyl groups excluding tert-OH is 2. The SMILES string of the molecule is CCN1C[C@]2(COC)C[C@H](O)C(OC)[C@@]34[C@@H]5C[C@]6(O)[C@H](OC(=O)c7ccccc7)[C@@H]5[C@@](OC(C)=O)([C@@H]([C@H](OC)[C@H]23)[C@@H]14)[C@@H](O)[C@@H]6OC. The lowest BCUT2D eigenvalue weighted by molar-refractivity contribution is -0.323. The molecule has 1 unspecified atom stereocenters. The van der Waals surface area contributed by atoms with Crippen LogP contribution in [-0.2, 0) is 33.2 Å². The van der Waals surface area contributed by atoms with Gasteiger partial charge in [0.2, 0.25) is 0 Å². The first kappa shape index (κ1) is 32.4. The van der Waals surface area contributed by atoms with Crippen molar-refractivity contribution in [3.05, 3.63) is 35.9 Å². The van der Waals surface area contributed by atoms with Crippen LogP contribution < -0.4 is 0 Å². The number of ether oxygens (including phenoxy) is 6. The molecule has 1 heterocycles. The molecular weight excluding hydrogens is 598 g/mol. The highest BCUT2D eigenvalue weighted by Crippen LogP contribution is 2.80. The van der Waals surface area contributed by atoms with Gasteiger partial charge in [-0.15, -0.1) is 0 Å². The summed E-state index contributed by atoms with van der Waals surface area (Å²) in [5.74, 6) is -3.65. The van der Waals surface area contributed by atoms with Crippen molar-refractivity contribution in [2.45, 2.75) is 80.6 Å². The molecule has 46 heavy (non-hydrogen) atoms. The Morgan fingerprint density at radius 2 is 1.65 bits per heavy atom. The van der Waals surface area contributed by atoms with Gasteiger partial charge in [0.05, 0.1) is 30.5 Å². The zero-order valence-corrected chi connectivity index (χ0v) is 27.3. The maximum atomic E-state index is 13.8. The number of nitrogens with zero attached hydrogens (tertiary/aromatic N) is 1. The van der Waals surface area contributed by atoms with Gasteiger partial charge in [-0.2, -0.15) is 0 Å². The number of esters is 2.